The number of benzene rings is 1. The van der Waals surface area contributed by atoms with Crippen molar-refractivity contribution in [2.45, 2.75) is 11.0 Å². The predicted molar refractivity (Wildman–Crippen MR) is 81.1 cm³/mol. The molecule has 7 heteroatoms. The lowest BCUT2D eigenvalue weighted by atomic mass is 10.2. The van der Waals surface area contributed by atoms with E-state index in [1.165, 1.54) is 4.31 Å². The summed E-state index contributed by atoms with van der Waals surface area (Å²) in [4.78, 5) is 2.37. The zero-order valence-corrected chi connectivity index (χ0v) is 13.5. The van der Waals surface area contributed by atoms with Gasteiger partial charge in [0.1, 0.15) is 4.90 Å². The summed E-state index contributed by atoms with van der Waals surface area (Å²) in [5.41, 5.74) is 0.718. The Labute approximate surface area is 126 Å². The standard InChI is InChI=1S/C14H22N2O4S/c1-15(2)21(17,18)14-7-5-4-6-13(14)16-8-9-20-12(10-16)11-19-3/h4-7,12H,8-11H2,1-3H3/t12-/m0/s1. The first-order valence-electron chi connectivity index (χ1n) is 6.84. The molecule has 0 radical (unpaired) electrons. The van der Waals surface area contributed by atoms with Crippen LogP contribution in [0, 0.1) is 0 Å². The molecule has 6 nitrogen and oxygen atoms in total. The van der Waals surface area contributed by atoms with Crippen LogP contribution in [0.2, 0.25) is 0 Å². The van der Waals surface area contributed by atoms with E-state index in [-0.39, 0.29) is 6.10 Å². The van der Waals surface area contributed by atoms with Crippen LogP contribution in [0.5, 0.6) is 0 Å². The molecule has 1 aliphatic heterocycles. The number of rotatable bonds is 5. The third-order valence-corrected chi connectivity index (χ3v) is 5.32. The molecule has 1 fully saturated rings. The number of ether oxygens (including phenoxy) is 2. The fraction of sp³-hybridized carbons (Fsp3) is 0.571. The van der Waals surface area contributed by atoms with Crippen molar-refractivity contribution >= 4 is 15.7 Å². The number of methoxy groups -OCH3 is 1. The topological polar surface area (TPSA) is 59.1 Å². The van der Waals surface area contributed by atoms with Gasteiger partial charge in [0.05, 0.1) is 25.0 Å². The van der Waals surface area contributed by atoms with E-state index in [1.807, 2.05) is 17.0 Å². The van der Waals surface area contributed by atoms with E-state index in [9.17, 15) is 8.42 Å². The zero-order valence-electron chi connectivity index (χ0n) is 12.7. The van der Waals surface area contributed by atoms with Crippen molar-refractivity contribution in [3.05, 3.63) is 24.3 Å². The van der Waals surface area contributed by atoms with Gasteiger partial charge in [0, 0.05) is 34.3 Å². The van der Waals surface area contributed by atoms with Gasteiger partial charge in [-0.1, -0.05) is 12.1 Å². The fourth-order valence-corrected chi connectivity index (χ4v) is 3.46. The Bertz CT molecular complexity index is 572. The summed E-state index contributed by atoms with van der Waals surface area (Å²) in [5.74, 6) is 0. The van der Waals surface area contributed by atoms with E-state index in [0.717, 1.165) is 5.69 Å². The Morgan fingerprint density at radius 1 is 1.38 bits per heavy atom. The summed E-state index contributed by atoms with van der Waals surface area (Å²) >= 11 is 0. The first-order chi connectivity index (χ1) is 9.96. The molecule has 0 aliphatic carbocycles. The highest BCUT2D eigenvalue weighted by Crippen LogP contribution is 2.28. The molecule has 1 heterocycles. The van der Waals surface area contributed by atoms with E-state index < -0.39 is 10.0 Å². The van der Waals surface area contributed by atoms with Crippen LogP contribution in [-0.2, 0) is 19.5 Å². The largest absolute Gasteiger partial charge is 0.382 e. The molecule has 1 atom stereocenters. The summed E-state index contributed by atoms with van der Waals surface area (Å²) in [6.07, 6.45) is -0.0427. The number of hydrogen-bond donors (Lipinski definition) is 0. The molecule has 2 rings (SSSR count). The number of anilines is 1. The maximum Gasteiger partial charge on any atom is 0.244 e. The molecule has 0 amide bonds. The monoisotopic (exact) mass is 314 g/mol. The molecular formula is C14H22N2O4S. The predicted octanol–water partition coefficient (Wildman–Crippen LogP) is 0.788. The van der Waals surface area contributed by atoms with Crippen LogP contribution < -0.4 is 4.90 Å². The van der Waals surface area contributed by atoms with Gasteiger partial charge in [-0.05, 0) is 12.1 Å². The van der Waals surface area contributed by atoms with E-state index in [0.29, 0.717) is 31.2 Å². The van der Waals surface area contributed by atoms with Gasteiger partial charge in [-0.2, -0.15) is 0 Å². The van der Waals surface area contributed by atoms with Crippen molar-refractivity contribution in [1.82, 2.24) is 4.31 Å². The van der Waals surface area contributed by atoms with E-state index >= 15 is 0 Å². The summed E-state index contributed by atoms with van der Waals surface area (Å²) in [5, 5.41) is 0. The van der Waals surface area contributed by atoms with E-state index in [4.69, 9.17) is 9.47 Å². The van der Waals surface area contributed by atoms with Gasteiger partial charge < -0.3 is 14.4 Å². The zero-order chi connectivity index (χ0) is 15.5. The Balaban J connectivity index is 2.32. The summed E-state index contributed by atoms with van der Waals surface area (Å²) in [7, 11) is 1.25. The van der Waals surface area contributed by atoms with Crippen molar-refractivity contribution in [3.63, 3.8) is 0 Å². The Morgan fingerprint density at radius 2 is 2.10 bits per heavy atom. The quantitative estimate of drug-likeness (QED) is 0.804. The molecule has 1 aliphatic rings. The average molecular weight is 314 g/mol. The second kappa shape index (κ2) is 6.74. The van der Waals surface area contributed by atoms with Gasteiger partial charge in [-0.3, -0.25) is 0 Å². The molecule has 1 aromatic rings. The van der Waals surface area contributed by atoms with Crippen LogP contribution in [0.15, 0.2) is 29.2 Å². The van der Waals surface area contributed by atoms with Crippen LogP contribution in [0.4, 0.5) is 5.69 Å². The average Bonchev–Trinajstić information content (AvgIpc) is 2.48. The van der Waals surface area contributed by atoms with Gasteiger partial charge in [0.25, 0.3) is 0 Å². The van der Waals surface area contributed by atoms with Gasteiger partial charge >= 0.3 is 0 Å². The minimum atomic E-state index is -3.47. The second-order valence-electron chi connectivity index (χ2n) is 5.15. The normalized spacial score (nSPS) is 20.0. The molecule has 0 aromatic heterocycles. The molecule has 0 N–H and O–H groups in total. The van der Waals surface area contributed by atoms with E-state index in [1.54, 1.807) is 33.3 Å². The minimum absolute atomic E-state index is 0.0427. The molecule has 21 heavy (non-hydrogen) atoms. The smallest absolute Gasteiger partial charge is 0.244 e. The van der Waals surface area contributed by atoms with Crippen molar-refractivity contribution < 1.29 is 17.9 Å². The number of sulfonamides is 1. The van der Waals surface area contributed by atoms with Crippen molar-refractivity contribution in [2.75, 3.05) is 52.4 Å². The first kappa shape index (κ1) is 16.2. The molecule has 118 valence electrons. The fourth-order valence-electron chi connectivity index (χ4n) is 2.36. The van der Waals surface area contributed by atoms with Crippen LogP contribution in [0.25, 0.3) is 0 Å². The lowest BCUT2D eigenvalue weighted by Gasteiger charge is -2.35. The number of nitrogens with zero attached hydrogens (tertiary/aromatic N) is 2. The van der Waals surface area contributed by atoms with Crippen molar-refractivity contribution in [1.29, 1.82) is 0 Å². The highest BCUT2D eigenvalue weighted by atomic mass is 32.2. The highest BCUT2D eigenvalue weighted by Gasteiger charge is 2.27. The van der Waals surface area contributed by atoms with Crippen LogP contribution >= 0.6 is 0 Å². The Hall–Kier alpha value is -1.15. The summed E-state index contributed by atoms with van der Waals surface area (Å²) in [6, 6.07) is 7.08. The molecule has 0 saturated carbocycles. The lowest BCUT2D eigenvalue weighted by molar-refractivity contribution is -0.0101. The van der Waals surface area contributed by atoms with Gasteiger partial charge in [0.15, 0.2) is 0 Å². The molecule has 0 unspecified atom stereocenters. The maximum absolute atomic E-state index is 12.4. The van der Waals surface area contributed by atoms with Gasteiger partial charge in [0.2, 0.25) is 10.0 Å². The Kier molecular flexibility index (Phi) is 5.21. The van der Waals surface area contributed by atoms with Crippen LogP contribution in [-0.4, -0.2) is 66.3 Å². The Morgan fingerprint density at radius 3 is 2.76 bits per heavy atom. The van der Waals surface area contributed by atoms with Crippen LogP contribution in [0.1, 0.15) is 0 Å². The summed E-state index contributed by atoms with van der Waals surface area (Å²) < 4.78 is 36.9. The lowest BCUT2D eigenvalue weighted by Crippen LogP contribution is -2.45. The SMILES string of the molecule is COC[C@@H]1CN(c2ccccc2S(=O)(=O)N(C)C)CCO1. The molecule has 0 bridgehead atoms. The molecule has 0 spiro atoms. The maximum atomic E-state index is 12.4. The van der Waals surface area contributed by atoms with Crippen molar-refractivity contribution in [3.8, 4) is 0 Å². The number of hydrogen-bond acceptors (Lipinski definition) is 5. The first-order valence-corrected chi connectivity index (χ1v) is 8.28. The number of para-hydroxylation sites is 1. The van der Waals surface area contributed by atoms with Crippen molar-refractivity contribution in [2.24, 2.45) is 0 Å². The third-order valence-electron chi connectivity index (χ3n) is 3.46. The second-order valence-corrected chi connectivity index (χ2v) is 7.27. The van der Waals surface area contributed by atoms with Gasteiger partial charge in [-0.25, -0.2) is 12.7 Å². The van der Waals surface area contributed by atoms with Gasteiger partial charge in [-0.15, -0.1) is 0 Å². The molecular weight excluding hydrogens is 292 g/mol. The molecule has 1 aromatic carbocycles. The highest BCUT2D eigenvalue weighted by molar-refractivity contribution is 7.89. The minimum Gasteiger partial charge on any atom is -0.382 e. The van der Waals surface area contributed by atoms with E-state index in [2.05, 4.69) is 0 Å². The molecule has 1 saturated heterocycles. The van der Waals surface area contributed by atoms with Crippen LogP contribution in [0.3, 0.4) is 0 Å². The number of morpholine rings is 1. The third kappa shape index (κ3) is 3.55. The summed E-state index contributed by atoms with van der Waals surface area (Å²) in [6.45, 7) is 2.34.